The first-order valence-electron chi connectivity index (χ1n) is 6.36. The Labute approximate surface area is 114 Å². The molecule has 0 aliphatic rings. The lowest BCUT2D eigenvalue weighted by molar-refractivity contribution is -0.143. The minimum atomic E-state index is -1.09. The number of carbonyl (C=O) groups is 2. The molecule has 1 aromatic rings. The summed E-state index contributed by atoms with van der Waals surface area (Å²) in [7, 11) is 1.63. The second kappa shape index (κ2) is 6.36. The predicted octanol–water partition coefficient (Wildman–Crippen LogP) is 2.55. The number of carbonyl (C=O) groups excluding carboxylic acids is 1. The quantitative estimate of drug-likeness (QED) is 0.831. The van der Waals surface area contributed by atoms with Gasteiger partial charge in [-0.2, -0.15) is 0 Å². The third kappa shape index (κ3) is 4.39. The molecule has 1 rings (SSSR count). The van der Waals surface area contributed by atoms with Crippen LogP contribution in [0.25, 0.3) is 0 Å². The van der Waals surface area contributed by atoms with Gasteiger partial charge in [-0.25, -0.2) is 0 Å². The van der Waals surface area contributed by atoms with Crippen molar-refractivity contribution in [2.75, 3.05) is 7.05 Å². The molecule has 19 heavy (non-hydrogen) atoms. The number of nitrogens with zero attached hydrogens (tertiary/aromatic N) is 1. The van der Waals surface area contributed by atoms with Crippen LogP contribution in [0.15, 0.2) is 18.2 Å². The van der Waals surface area contributed by atoms with Crippen LogP contribution in [-0.4, -0.2) is 28.9 Å². The average molecular weight is 263 g/mol. The Hall–Kier alpha value is -1.84. The largest absolute Gasteiger partial charge is 0.481 e. The maximum atomic E-state index is 11.6. The highest BCUT2D eigenvalue weighted by Gasteiger charge is 2.14. The minimum absolute atomic E-state index is 0.373. The molecule has 0 bridgehead atoms. The summed E-state index contributed by atoms with van der Waals surface area (Å²) >= 11 is 0. The van der Waals surface area contributed by atoms with Gasteiger partial charge in [-0.3, -0.25) is 9.59 Å². The molecule has 0 spiro atoms. The van der Waals surface area contributed by atoms with Crippen molar-refractivity contribution in [3.63, 3.8) is 0 Å². The van der Waals surface area contributed by atoms with Gasteiger partial charge >= 0.3 is 5.97 Å². The molecule has 0 fully saturated rings. The molecule has 1 amide bonds. The van der Waals surface area contributed by atoms with Gasteiger partial charge in [0.2, 0.25) is 5.91 Å². The second-order valence-corrected chi connectivity index (χ2v) is 5.16. The first kappa shape index (κ1) is 15.2. The van der Waals surface area contributed by atoms with E-state index in [0.717, 1.165) is 11.1 Å². The Balaban J connectivity index is 2.83. The van der Waals surface area contributed by atoms with Crippen LogP contribution in [0.5, 0.6) is 0 Å². The maximum absolute atomic E-state index is 11.6. The molecule has 0 atom stereocenters. The van der Waals surface area contributed by atoms with Gasteiger partial charge in [-0.1, -0.05) is 32.0 Å². The molecule has 0 aliphatic heterocycles. The third-order valence-electron chi connectivity index (χ3n) is 3.18. The van der Waals surface area contributed by atoms with Crippen molar-refractivity contribution in [1.29, 1.82) is 0 Å². The monoisotopic (exact) mass is 263 g/mol. The fraction of sp³-hybridized carbons (Fsp3) is 0.467. The van der Waals surface area contributed by atoms with Crippen LogP contribution in [0.1, 0.15) is 42.9 Å². The van der Waals surface area contributed by atoms with E-state index in [2.05, 4.69) is 26.0 Å². The summed E-state index contributed by atoms with van der Waals surface area (Å²) in [5.41, 5.74) is 3.39. The van der Waals surface area contributed by atoms with Crippen LogP contribution in [0.3, 0.4) is 0 Å². The zero-order valence-electron chi connectivity index (χ0n) is 11.9. The molecule has 0 radical (unpaired) electrons. The predicted molar refractivity (Wildman–Crippen MR) is 74.0 cm³/mol. The molecule has 0 unspecified atom stereocenters. The normalized spacial score (nSPS) is 10.6. The van der Waals surface area contributed by atoms with E-state index in [-0.39, 0.29) is 5.91 Å². The average Bonchev–Trinajstić information content (AvgIpc) is 2.30. The van der Waals surface area contributed by atoms with Crippen molar-refractivity contribution >= 4 is 11.9 Å². The number of benzene rings is 1. The first-order valence-corrected chi connectivity index (χ1v) is 6.36. The summed E-state index contributed by atoms with van der Waals surface area (Å²) < 4.78 is 0. The zero-order chi connectivity index (χ0) is 14.6. The number of aliphatic carboxylic acids is 1. The smallest absolute Gasteiger partial charge is 0.312 e. The van der Waals surface area contributed by atoms with E-state index in [9.17, 15) is 9.59 Å². The summed E-state index contributed by atoms with van der Waals surface area (Å²) in [6, 6.07) is 6.22. The van der Waals surface area contributed by atoms with E-state index >= 15 is 0 Å². The van der Waals surface area contributed by atoms with Gasteiger partial charge in [0.15, 0.2) is 0 Å². The standard InChI is InChI=1S/C15H21NO3/c1-10(2)12-6-5-11(3)13(7-12)9-16(4)14(17)8-15(18)19/h5-7,10H,8-9H2,1-4H3,(H,18,19). The zero-order valence-corrected chi connectivity index (χ0v) is 11.9. The fourth-order valence-electron chi connectivity index (χ4n) is 1.83. The number of aryl methyl sites for hydroxylation is 1. The molecule has 4 nitrogen and oxygen atoms in total. The topological polar surface area (TPSA) is 57.6 Å². The van der Waals surface area contributed by atoms with Crippen molar-refractivity contribution < 1.29 is 14.7 Å². The molecular weight excluding hydrogens is 242 g/mol. The van der Waals surface area contributed by atoms with Crippen LogP contribution in [0.2, 0.25) is 0 Å². The third-order valence-corrected chi connectivity index (χ3v) is 3.18. The molecule has 0 aromatic heterocycles. The lowest BCUT2D eigenvalue weighted by atomic mass is 9.97. The molecule has 0 saturated carbocycles. The molecule has 1 N–H and O–H groups in total. The number of hydrogen-bond donors (Lipinski definition) is 1. The highest BCUT2D eigenvalue weighted by molar-refractivity contribution is 5.93. The Morgan fingerprint density at radius 3 is 2.47 bits per heavy atom. The van der Waals surface area contributed by atoms with E-state index in [1.807, 2.05) is 13.0 Å². The van der Waals surface area contributed by atoms with E-state index in [4.69, 9.17) is 5.11 Å². The number of rotatable bonds is 5. The summed E-state index contributed by atoms with van der Waals surface area (Å²) in [6.45, 7) is 6.68. The first-order chi connectivity index (χ1) is 8.81. The van der Waals surface area contributed by atoms with E-state index < -0.39 is 12.4 Å². The van der Waals surface area contributed by atoms with Gasteiger partial charge in [0.25, 0.3) is 0 Å². The Bertz CT molecular complexity index is 480. The second-order valence-electron chi connectivity index (χ2n) is 5.16. The van der Waals surface area contributed by atoms with Gasteiger partial charge < -0.3 is 10.0 Å². The van der Waals surface area contributed by atoms with Crippen LogP contribution < -0.4 is 0 Å². The number of carboxylic acids is 1. The van der Waals surface area contributed by atoms with Gasteiger partial charge in [0.05, 0.1) is 0 Å². The lowest BCUT2D eigenvalue weighted by Crippen LogP contribution is -2.28. The minimum Gasteiger partial charge on any atom is -0.481 e. The number of hydrogen-bond acceptors (Lipinski definition) is 2. The Morgan fingerprint density at radius 2 is 1.95 bits per heavy atom. The number of amides is 1. The molecule has 104 valence electrons. The molecule has 1 aromatic carbocycles. The highest BCUT2D eigenvalue weighted by atomic mass is 16.4. The van der Waals surface area contributed by atoms with E-state index in [1.165, 1.54) is 10.5 Å². The Kier molecular flexibility index (Phi) is 5.10. The maximum Gasteiger partial charge on any atom is 0.312 e. The fourth-order valence-corrected chi connectivity index (χ4v) is 1.83. The Morgan fingerprint density at radius 1 is 1.32 bits per heavy atom. The van der Waals surface area contributed by atoms with Gasteiger partial charge in [-0.05, 0) is 29.5 Å². The van der Waals surface area contributed by atoms with Crippen LogP contribution in [-0.2, 0) is 16.1 Å². The lowest BCUT2D eigenvalue weighted by Gasteiger charge is -2.19. The SMILES string of the molecule is Cc1ccc(C(C)C)cc1CN(C)C(=O)CC(=O)O. The summed E-state index contributed by atoms with van der Waals surface area (Å²) in [4.78, 5) is 23.6. The summed E-state index contributed by atoms with van der Waals surface area (Å²) in [5, 5.41) is 8.62. The van der Waals surface area contributed by atoms with Crippen LogP contribution >= 0.6 is 0 Å². The van der Waals surface area contributed by atoms with E-state index in [0.29, 0.717) is 12.5 Å². The van der Waals surface area contributed by atoms with Crippen molar-refractivity contribution in [3.8, 4) is 0 Å². The van der Waals surface area contributed by atoms with Crippen molar-refractivity contribution in [2.24, 2.45) is 0 Å². The molecule has 0 aliphatic carbocycles. The molecular formula is C15H21NO3. The van der Waals surface area contributed by atoms with Crippen molar-refractivity contribution in [1.82, 2.24) is 4.90 Å². The van der Waals surface area contributed by atoms with E-state index in [1.54, 1.807) is 7.05 Å². The van der Waals surface area contributed by atoms with Crippen LogP contribution in [0.4, 0.5) is 0 Å². The summed E-state index contributed by atoms with van der Waals surface area (Å²) in [5.74, 6) is -1.04. The molecule has 4 heteroatoms. The van der Waals surface area contributed by atoms with Gasteiger partial charge in [-0.15, -0.1) is 0 Å². The van der Waals surface area contributed by atoms with Crippen LogP contribution in [0, 0.1) is 6.92 Å². The molecule has 0 heterocycles. The highest BCUT2D eigenvalue weighted by Crippen LogP contribution is 2.19. The van der Waals surface area contributed by atoms with Gasteiger partial charge in [0.1, 0.15) is 6.42 Å². The van der Waals surface area contributed by atoms with Gasteiger partial charge in [0, 0.05) is 13.6 Å². The molecule has 0 saturated heterocycles. The van der Waals surface area contributed by atoms with Crippen molar-refractivity contribution in [3.05, 3.63) is 34.9 Å². The van der Waals surface area contributed by atoms with Crippen molar-refractivity contribution in [2.45, 2.75) is 39.7 Å². The summed E-state index contributed by atoms with van der Waals surface area (Å²) in [6.07, 6.45) is -0.459. The number of carboxylic acid groups (broad SMARTS) is 1.